The maximum atomic E-state index is 12.2. The largest absolute Gasteiger partial charge is 0.485 e. The zero-order chi connectivity index (χ0) is 16.9. The van der Waals surface area contributed by atoms with Crippen LogP contribution >= 0.6 is 0 Å². The lowest BCUT2D eigenvalue weighted by molar-refractivity contribution is -0.130. The van der Waals surface area contributed by atoms with E-state index >= 15 is 0 Å². The molecule has 0 saturated heterocycles. The molecule has 1 atom stereocenters. The van der Waals surface area contributed by atoms with Gasteiger partial charge in [-0.3, -0.25) is 4.79 Å². The first-order chi connectivity index (χ1) is 11.6. The number of rotatable bonds is 5. The predicted octanol–water partition coefficient (Wildman–Crippen LogP) is 3.19. The Morgan fingerprint density at radius 3 is 2.75 bits per heavy atom. The molecule has 1 amide bonds. The van der Waals surface area contributed by atoms with Gasteiger partial charge in [0.25, 0.3) is 5.91 Å². The molecule has 2 aromatic rings. The van der Waals surface area contributed by atoms with E-state index in [1.54, 1.807) is 0 Å². The SMILES string of the molecule is Cc1ccc(CCCNC(=O)[C@@H]2COc3ccccc3O2)c(C)c1. The van der Waals surface area contributed by atoms with Crippen molar-refractivity contribution in [2.45, 2.75) is 32.8 Å². The van der Waals surface area contributed by atoms with Crippen LogP contribution in [0.3, 0.4) is 0 Å². The van der Waals surface area contributed by atoms with Gasteiger partial charge in [-0.15, -0.1) is 0 Å². The number of hydrogen-bond donors (Lipinski definition) is 1. The maximum Gasteiger partial charge on any atom is 0.264 e. The van der Waals surface area contributed by atoms with Crippen LogP contribution in [0.25, 0.3) is 0 Å². The summed E-state index contributed by atoms with van der Waals surface area (Å²) in [5.74, 6) is 1.20. The van der Waals surface area contributed by atoms with Gasteiger partial charge < -0.3 is 14.8 Å². The molecule has 0 aliphatic carbocycles. The van der Waals surface area contributed by atoms with E-state index < -0.39 is 6.10 Å². The third kappa shape index (κ3) is 3.88. The summed E-state index contributed by atoms with van der Waals surface area (Å²) in [6.07, 6.45) is 1.28. The van der Waals surface area contributed by atoms with Crippen molar-refractivity contribution >= 4 is 5.91 Å². The minimum atomic E-state index is -0.582. The van der Waals surface area contributed by atoms with E-state index in [0.717, 1.165) is 12.8 Å². The number of nitrogens with one attached hydrogen (secondary N) is 1. The van der Waals surface area contributed by atoms with E-state index in [1.807, 2.05) is 24.3 Å². The third-order valence-electron chi connectivity index (χ3n) is 4.22. The van der Waals surface area contributed by atoms with Crippen LogP contribution in [0.2, 0.25) is 0 Å². The van der Waals surface area contributed by atoms with E-state index in [4.69, 9.17) is 9.47 Å². The molecule has 0 fully saturated rings. The highest BCUT2D eigenvalue weighted by molar-refractivity contribution is 5.81. The van der Waals surface area contributed by atoms with Crippen LogP contribution in [0.15, 0.2) is 42.5 Å². The van der Waals surface area contributed by atoms with Crippen molar-refractivity contribution in [1.29, 1.82) is 0 Å². The molecular weight excluding hydrogens is 302 g/mol. The van der Waals surface area contributed by atoms with Gasteiger partial charge in [-0.05, 0) is 49.9 Å². The molecular formula is C20H23NO3. The van der Waals surface area contributed by atoms with Crippen LogP contribution in [0.4, 0.5) is 0 Å². The molecule has 0 radical (unpaired) electrons. The Morgan fingerprint density at radius 2 is 1.96 bits per heavy atom. The first-order valence-electron chi connectivity index (χ1n) is 8.36. The second-order valence-electron chi connectivity index (χ2n) is 6.19. The monoisotopic (exact) mass is 325 g/mol. The van der Waals surface area contributed by atoms with Crippen molar-refractivity contribution in [1.82, 2.24) is 5.32 Å². The summed E-state index contributed by atoms with van der Waals surface area (Å²) in [6.45, 7) is 5.11. The Bertz CT molecular complexity index is 727. The van der Waals surface area contributed by atoms with Crippen LogP contribution in [0, 0.1) is 13.8 Å². The molecule has 1 aliphatic rings. The summed E-state index contributed by atoms with van der Waals surface area (Å²) in [4.78, 5) is 12.2. The summed E-state index contributed by atoms with van der Waals surface area (Å²) in [7, 11) is 0. The summed E-state index contributed by atoms with van der Waals surface area (Å²) in [5.41, 5.74) is 3.92. The number of para-hydroxylation sites is 2. The molecule has 0 aromatic heterocycles. The molecule has 24 heavy (non-hydrogen) atoms. The fraction of sp³-hybridized carbons (Fsp3) is 0.350. The van der Waals surface area contributed by atoms with E-state index in [0.29, 0.717) is 18.0 Å². The van der Waals surface area contributed by atoms with Gasteiger partial charge >= 0.3 is 0 Å². The molecule has 1 aliphatic heterocycles. The van der Waals surface area contributed by atoms with Crippen LogP contribution in [0.1, 0.15) is 23.1 Å². The van der Waals surface area contributed by atoms with Crippen LogP contribution in [-0.2, 0) is 11.2 Å². The van der Waals surface area contributed by atoms with E-state index in [9.17, 15) is 4.79 Å². The lowest BCUT2D eigenvalue weighted by Gasteiger charge is -2.25. The Balaban J connectivity index is 1.45. The number of fused-ring (bicyclic) bond motifs is 1. The Hall–Kier alpha value is -2.49. The molecule has 0 spiro atoms. The predicted molar refractivity (Wildman–Crippen MR) is 93.6 cm³/mol. The maximum absolute atomic E-state index is 12.2. The summed E-state index contributed by atoms with van der Waals surface area (Å²) in [6, 6.07) is 13.9. The highest BCUT2D eigenvalue weighted by Gasteiger charge is 2.26. The number of hydrogen-bond acceptors (Lipinski definition) is 3. The zero-order valence-corrected chi connectivity index (χ0v) is 14.2. The van der Waals surface area contributed by atoms with Gasteiger partial charge in [0.15, 0.2) is 11.5 Å². The molecule has 126 valence electrons. The molecule has 4 nitrogen and oxygen atoms in total. The fourth-order valence-electron chi connectivity index (χ4n) is 2.88. The van der Waals surface area contributed by atoms with Crippen molar-refractivity contribution in [2.24, 2.45) is 0 Å². The number of carbonyl (C=O) groups is 1. The summed E-state index contributed by atoms with van der Waals surface area (Å²) in [5, 5.41) is 2.94. The van der Waals surface area contributed by atoms with E-state index in [1.165, 1.54) is 16.7 Å². The highest BCUT2D eigenvalue weighted by Crippen LogP contribution is 2.30. The van der Waals surface area contributed by atoms with E-state index in [-0.39, 0.29) is 12.5 Å². The van der Waals surface area contributed by atoms with Gasteiger partial charge in [0.2, 0.25) is 6.10 Å². The lowest BCUT2D eigenvalue weighted by atomic mass is 10.0. The third-order valence-corrected chi connectivity index (χ3v) is 4.22. The minimum absolute atomic E-state index is 0.120. The average Bonchev–Trinajstić information content (AvgIpc) is 2.59. The van der Waals surface area contributed by atoms with Gasteiger partial charge in [-0.2, -0.15) is 0 Å². The van der Waals surface area contributed by atoms with Gasteiger partial charge in [0, 0.05) is 6.54 Å². The number of aryl methyl sites for hydroxylation is 3. The molecule has 1 heterocycles. The molecule has 2 aromatic carbocycles. The molecule has 4 heteroatoms. The number of carbonyl (C=O) groups excluding carboxylic acids is 1. The minimum Gasteiger partial charge on any atom is -0.485 e. The lowest BCUT2D eigenvalue weighted by Crippen LogP contribution is -2.44. The average molecular weight is 325 g/mol. The molecule has 0 bridgehead atoms. The summed E-state index contributed by atoms with van der Waals surface area (Å²) < 4.78 is 11.3. The number of ether oxygens (including phenoxy) is 2. The van der Waals surface area contributed by atoms with Crippen molar-refractivity contribution in [2.75, 3.05) is 13.2 Å². The summed E-state index contributed by atoms with van der Waals surface area (Å²) >= 11 is 0. The normalized spacial score (nSPS) is 15.8. The second kappa shape index (κ2) is 7.39. The van der Waals surface area contributed by atoms with Gasteiger partial charge in [0.1, 0.15) is 6.61 Å². The van der Waals surface area contributed by atoms with E-state index in [2.05, 4.69) is 37.4 Å². The molecule has 3 rings (SSSR count). The molecule has 1 N–H and O–H groups in total. The standard InChI is InChI=1S/C20H23NO3/c1-14-9-10-16(15(2)12-14)6-5-11-21-20(22)19-13-23-17-7-3-4-8-18(17)24-19/h3-4,7-10,12,19H,5-6,11,13H2,1-2H3,(H,21,22)/t19-/m0/s1. The molecule has 0 saturated carbocycles. The fourth-order valence-corrected chi connectivity index (χ4v) is 2.88. The van der Waals surface area contributed by atoms with Gasteiger partial charge in [-0.1, -0.05) is 35.9 Å². The zero-order valence-electron chi connectivity index (χ0n) is 14.2. The van der Waals surface area contributed by atoms with Crippen LogP contribution in [0.5, 0.6) is 11.5 Å². The second-order valence-corrected chi connectivity index (χ2v) is 6.19. The van der Waals surface area contributed by atoms with Crippen LogP contribution in [-0.4, -0.2) is 25.2 Å². The van der Waals surface area contributed by atoms with Gasteiger partial charge in [0.05, 0.1) is 0 Å². The highest BCUT2D eigenvalue weighted by atomic mass is 16.6. The van der Waals surface area contributed by atoms with Crippen molar-refractivity contribution in [3.8, 4) is 11.5 Å². The van der Waals surface area contributed by atoms with Crippen molar-refractivity contribution in [3.05, 3.63) is 59.2 Å². The number of amides is 1. The van der Waals surface area contributed by atoms with Crippen molar-refractivity contribution in [3.63, 3.8) is 0 Å². The number of benzene rings is 2. The van der Waals surface area contributed by atoms with Gasteiger partial charge in [-0.25, -0.2) is 0 Å². The van der Waals surface area contributed by atoms with Crippen LogP contribution < -0.4 is 14.8 Å². The first-order valence-corrected chi connectivity index (χ1v) is 8.36. The molecule has 0 unspecified atom stereocenters. The first kappa shape index (κ1) is 16.4. The van der Waals surface area contributed by atoms with Crippen molar-refractivity contribution < 1.29 is 14.3 Å². The quantitative estimate of drug-likeness (QED) is 0.859. The Kier molecular flexibility index (Phi) is 5.04. The topological polar surface area (TPSA) is 47.6 Å². The Morgan fingerprint density at radius 1 is 1.17 bits per heavy atom. The smallest absolute Gasteiger partial charge is 0.264 e. The Labute approximate surface area is 142 Å².